The second-order valence-electron chi connectivity index (χ2n) is 7.74. The van der Waals surface area contributed by atoms with Gasteiger partial charge in [0.05, 0.1) is 14.2 Å². The number of rotatable bonds is 6. The summed E-state index contributed by atoms with van der Waals surface area (Å²) >= 11 is 0. The van der Waals surface area contributed by atoms with Crippen LogP contribution in [0.1, 0.15) is 44.6 Å². The van der Waals surface area contributed by atoms with Crippen molar-refractivity contribution in [3.05, 3.63) is 23.8 Å². The summed E-state index contributed by atoms with van der Waals surface area (Å²) in [6, 6.07) is 6.16. The third-order valence-corrected chi connectivity index (χ3v) is 6.28. The van der Waals surface area contributed by atoms with E-state index in [-0.39, 0.29) is 24.2 Å². The Bertz CT molecular complexity index is 626. The van der Waals surface area contributed by atoms with Crippen molar-refractivity contribution < 1.29 is 14.3 Å². The Morgan fingerprint density at radius 2 is 1.78 bits per heavy atom. The number of methoxy groups -OCH3 is 2. The average molecular weight is 397 g/mol. The molecular formula is C21H33ClN2O3. The van der Waals surface area contributed by atoms with E-state index in [2.05, 4.69) is 0 Å². The second-order valence-corrected chi connectivity index (χ2v) is 7.74. The number of fused-ring (bicyclic) bond motifs is 2. The molecule has 2 unspecified atom stereocenters. The van der Waals surface area contributed by atoms with Crippen LogP contribution in [0.3, 0.4) is 0 Å². The number of nitrogens with zero attached hydrogens (tertiary/aromatic N) is 1. The van der Waals surface area contributed by atoms with Gasteiger partial charge in [-0.2, -0.15) is 0 Å². The lowest BCUT2D eigenvalue weighted by Gasteiger charge is -2.44. The van der Waals surface area contributed by atoms with Crippen molar-refractivity contribution in [2.24, 2.45) is 23.5 Å². The molecule has 152 valence electrons. The number of nitrogens with two attached hydrogens (primary N) is 1. The third-order valence-electron chi connectivity index (χ3n) is 6.28. The molecule has 2 N–H and O–H groups in total. The number of hydrogen-bond acceptors (Lipinski definition) is 4. The summed E-state index contributed by atoms with van der Waals surface area (Å²) in [6.07, 6.45) is 5.55. The summed E-state index contributed by atoms with van der Waals surface area (Å²) in [7, 11) is 3.26. The SMILES string of the molecule is CCN(Cc1ccc(OC)c(OC)c1)C(=O)C1CC2CCCC(C1)C2N.Cl. The van der Waals surface area contributed by atoms with Crippen LogP contribution in [-0.4, -0.2) is 37.6 Å². The van der Waals surface area contributed by atoms with E-state index in [9.17, 15) is 4.79 Å². The molecule has 0 saturated heterocycles. The molecular weight excluding hydrogens is 364 g/mol. The molecule has 0 spiro atoms. The van der Waals surface area contributed by atoms with Gasteiger partial charge in [0.2, 0.25) is 5.91 Å². The van der Waals surface area contributed by atoms with E-state index >= 15 is 0 Å². The molecule has 2 atom stereocenters. The fraction of sp³-hybridized carbons (Fsp3) is 0.667. The molecule has 2 saturated carbocycles. The van der Waals surface area contributed by atoms with E-state index in [0.29, 0.717) is 42.5 Å². The normalized spacial score (nSPS) is 26.7. The van der Waals surface area contributed by atoms with Crippen molar-refractivity contribution in [2.45, 2.75) is 51.6 Å². The summed E-state index contributed by atoms with van der Waals surface area (Å²) in [5.74, 6) is 2.87. The van der Waals surface area contributed by atoms with Gasteiger partial charge < -0.3 is 20.1 Å². The number of hydrogen-bond donors (Lipinski definition) is 1. The zero-order chi connectivity index (χ0) is 18.7. The van der Waals surface area contributed by atoms with Crippen LogP contribution in [0.4, 0.5) is 0 Å². The summed E-state index contributed by atoms with van der Waals surface area (Å²) in [5, 5.41) is 0. The topological polar surface area (TPSA) is 64.8 Å². The Hall–Kier alpha value is -1.46. The van der Waals surface area contributed by atoms with E-state index in [1.807, 2.05) is 30.0 Å². The minimum atomic E-state index is 0. The minimum absolute atomic E-state index is 0. The Kier molecular flexibility index (Phi) is 7.80. The van der Waals surface area contributed by atoms with Crippen molar-refractivity contribution in [1.82, 2.24) is 4.90 Å². The summed E-state index contributed by atoms with van der Waals surface area (Å²) < 4.78 is 10.7. The fourth-order valence-electron chi connectivity index (χ4n) is 4.79. The van der Waals surface area contributed by atoms with Crippen LogP contribution < -0.4 is 15.2 Å². The smallest absolute Gasteiger partial charge is 0.225 e. The fourth-order valence-corrected chi connectivity index (χ4v) is 4.79. The van der Waals surface area contributed by atoms with Gasteiger partial charge in [0.25, 0.3) is 0 Å². The van der Waals surface area contributed by atoms with Gasteiger partial charge in [-0.05, 0) is 62.1 Å². The lowest BCUT2D eigenvalue weighted by molar-refractivity contribution is -0.139. The molecule has 5 nitrogen and oxygen atoms in total. The molecule has 3 rings (SSSR count). The van der Waals surface area contributed by atoms with Gasteiger partial charge >= 0.3 is 0 Å². The van der Waals surface area contributed by atoms with Crippen LogP contribution >= 0.6 is 12.4 Å². The number of ether oxygens (including phenoxy) is 2. The highest BCUT2D eigenvalue weighted by atomic mass is 35.5. The highest BCUT2D eigenvalue weighted by Gasteiger charge is 2.41. The predicted molar refractivity (Wildman–Crippen MR) is 109 cm³/mol. The molecule has 2 aliphatic carbocycles. The largest absolute Gasteiger partial charge is 0.493 e. The molecule has 27 heavy (non-hydrogen) atoms. The summed E-state index contributed by atoms with van der Waals surface area (Å²) in [6.45, 7) is 3.37. The van der Waals surface area contributed by atoms with Gasteiger partial charge in [-0.25, -0.2) is 0 Å². The summed E-state index contributed by atoms with van der Waals surface area (Å²) in [5.41, 5.74) is 7.45. The van der Waals surface area contributed by atoms with Crippen molar-refractivity contribution in [3.63, 3.8) is 0 Å². The number of amides is 1. The lowest BCUT2D eigenvalue weighted by Crippen LogP contribution is -2.49. The maximum Gasteiger partial charge on any atom is 0.225 e. The third kappa shape index (κ3) is 4.69. The molecule has 1 aromatic rings. The first-order valence-corrected chi connectivity index (χ1v) is 9.82. The zero-order valence-corrected chi connectivity index (χ0v) is 17.5. The Balaban J connectivity index is 0.00000261. The monoisotopic (exact) mass is 396 g/mol. The molecule has 0 aliphatic heterocycles. The van der Waals surface area contributed by atoms with E-state index in [0.717, 1.165) is 18.4 Å². The standard InChI is InChI=1S/C21H32N2O3.ClH/c1-4-23(13-14-8-9-18(25-2)19(10-14)26-3)21(24)17-11-15-6-5-7-16(12-17)20(15)22;/h8-10,15-17,20H,4-7,11-13,22H2,1-3H3;1H. The molecule has 6 heteroatoms. The van der Waals surface area contributed by atoms with Gasteiger partial charge in [0, 0.05) is 25.0 Å². The van der Waals surface area contributed by atoms with Gasteiger partial charge in [-0.15, -0.1) is 12.4 Å². The van der Waals surface area contributed by atoms with Crippen LogP contribution in [0, 0.1) is 17.8 Å². The van der Waals surface area contributed by atoms with Crippen LogP contribution in [-0.2, 0) is 11.3 Å². The number of benzene rings is 1. The number of carbonyl (C=O) groups excluding carboxylic acids is 1. The molecule has 0 radical (unpaired) electrons. The van der Waals surface area contributed by atoms with E-state index < -0.39 is 0 Å². The first-order chi connectivity index (χ1) is 12.6. The zero-order valence-electron chi connectivity index (χ0n) is 16.6. The van der Waals surface area contributed by atoms with Crippen molar-refractivity contribution in [2.75, 3.05) is 20.8 Å². The molecule has 1 amide bonds. The first-order valence-electron chi connectivity index (χ1n) is 9.82. The van der Waals surface area contributed by atoms with E-state index in [1.54, 1.807) is 14.2 Å². The summed E-state index contributed by atoms with van der Waals surface area (Å²) in [4.78, 5) is 15.1. The highest BCUT2D eigenvalue weighted by molar-refractivity contribution is 5.85. The Labute approximate surface area is 169 Å². The van der Waals surface area contributed by atoms with Crippen LogP contribution in [0.5, 0.6) is 11.5 Å². The quantitative estimate of drug-likeness (QED) is 0.797. The average Bonchev–Trinajstić information content (AvgIpc) is 2.65. The van der Waals surface area contributed by atoms with Crippen molar-refractivity contribution in [1.29, 1.82) is 0 Å². The van der Waals surface area contributed by atoms with Crippen LogP contribution in [0.2, 0.25) is 0 Å². The molecule has 1 aromatic carbocycles. The van der Waals surface area contributed by atoms with Crippen molar-refractivity contribution >= 4 is 18.3 Å². The van der Waals surface area contributed by atoms with E-state index in [1.165, 1.54) is 19.3 Å². The predicted octanol–water partition coefficient (Wildman–Crippen LogP) is 3.63. The van der Waals surface area contributed by atoms with Crippen LogP contribution in [0.15, 0.2) is 18.2 Å². The Morgan fingerprint density at radius 1 is 1.15 bits per heavy atom. The number of carbonyl (C=O) groups is 1. The maximum absolute atomic E-state index is 13.2. The second kappa shape index (κ2) is 9.65. The first kappa shape index (κ1) is 21.8. The minimum Gasteiger partial charge on any atom is -0.493 e. The number of halogens is 1. The van der Waals surface area contributed by atoms with Crippen molar-refractivity contribution in [3.8, 4) is 11.5 Å². The maximum atomic E-state index is 13.2. The van der Waals surface area contributed by atoms with Gasteiger partial charge in [0.1, 0.15) is 0 Å². The van der Waals surface area contributed by atoms with E-state index in [4.69, 9.17) is 15.2 Å². The van der Waals surface area contributed by atoms with Gasteiger partial charge in [0.15, 0.2) is 11.5 Å². The molecule has 0 aromatic heterocycles. The Morgan fingerprint density at radius 3 is 2.33 bits per heavy atom. The van der Waals surface area contributed by atoms with Crippen LogP contribution in [0.25, 0.3) is 0 Å². The lowest BCUT2D eigenvalue weighted by atomic mass is 9.65. The molecule has 2 aliphatic rings. The van der Waals surface area contributed by atoms with Gasteiger partial charge in [-0.3, -0.25) is 4.79 Å². The molecule has 0 heterocycles. The molecule has 2 bridgehead atoms. The molecule has 2 fully saturated rings. The highest BCUT2D eigenvalue weighted by Crippen LogP contribution is 2.42. The van der Waals surface area contributed by atoms with Gasteiger partial charge in [-0.1, -0.05) is 12.5 Å².